The van der Waals surface area contributed by atoms with Gasteiger partial charge in [-0.05, 0) is 51.5 Å². The first-order valence-corrected chi connectivity index (χ1v) is 6.24. The number of anilines is 1. The number of rotatable bonds is 4. The minimum Gasteiger partial charge on any atom is -0.423 e. The third kappa shape index (κ3) is 3.12. The predicted molar refractivity (Wildman–Crippen MR) is 73.9 cm³/mol. The highest BCUT2D eigenvalue weighted by Gasteiger charge is 2.22. The van der Waals surface area contributed by atoms with E-state index >= 15 is 0 Å². The molecule has 0 saturated heterocycles. The number of nitrogens with zero attached hydrogens (tertiary/aromatic N) is 2. The second-order valence-electron chi connectivity index (χ2n) is 5.29. The van der Waals surface area contributed by atoms with E-state index in [9.17, 15) is 5.11 Å². The molecule has 0 radical (unpaired) electrons. The fourth-order valence-electron chi connectivity index (χ4n) is 1.67. The topological polar surface area (TPSA) is 71.2 Å². The Labute approximate surface area is 112 Å². The molecule has 5 heteroatoms. The summed E-state index contributed by atoms with van der Waals surface area (Å²) in [4.78, 5) is 0. The van der Waals surface area contributed by atoms with Crippen molar-refractivity contribution in [3.05, 3.63) is 30.2 Å². The minimum absolute atomic E-state index is 0.0551. The molecular weight excluding hydrogens is 242 g/mol. The fraction of sp³-hybridized carbons (Fsp3) is 0.429. The SMILES string of the molecule is Cc1cc(-c2nnco2)ccc1NC(C)C(C)(C)O. The van der Waals surface area contributed by atoms with Crippen molar-refractivity contribution in [3.63, 3.8) is 0 Å². The maximum Gasteiger partial charge on any atom is 0.247 e. The Balaban J connectivity index is 2.21. The fourth-order valence-corrected chi connectivity index (χ4v) is 1.67. The van der Waals surface area contributed by atoms with Gasteiger partial charge in [0, 0.05) is 11.3 Å². The van der Waals surface area contributed by atoms with E-state index in [2.05, 4.69) is 15.5 Å². The average Bonchev–Trinajstić information content (AvgIpc) is 2.84. The quantitative estimate of drug-likeness (QED) is 0.885. The Kier molecular flexibility index (Phi) is 3.57. The van der Waals surface area contributed by atoms with E-state index in [1.165, 1.54) is 6.39 Å². The van der Waals surface area contributed by atoms with Crippen LogP contribution in [0.1, 0.15) is 26.3 Å². The summed E-state index contributed by atoms with van der Waals surface area (Å²) in [6.45, 7) is 7.52. The monoisotopic (exact) mass is 261 g/mol. The van der Waals surface area contributed by atoms with Crippen LogP contribution in [-0.2, 0) is 0 Å². The van der Waals surface area contributed by atoms with Gasteiger partial charge in [-0.15, -0.1) is 10.2 Å². The van der Waals surface area contributed by atoms with Crippen LogP contribution in [0.15, 0.2) is 29.0 Å². The van der Waals surface area contributed by atoms with E-state index in [4.69, 9.17) is 4.42 Å². The molecule has 0 spiro atoms. The zero-order chi connectivity index (χ0) is 14.0. The Morgan fingerprint density at radius 1 is 1.37 bits per heavy atom. The molecule has 1 aromatic heterocycles. The van der Waals surface area contributed by atoms with Gasteiger partial charge < -0.3 is 14.8 Å². The van der Waals surface area contributed by atoms with Crippen molar-refractivity contribution in [1.29, 1.82) is 0 Å². The van der Waals surface area contributed by atoms with E-state index in [1.807, 2.05) is 32.0 Å². The van der Waals surface area contributed by atoms with Crippen molar-refractivity contribution in [2.45, 2.75) is 39.3 Å². The molecule has 0 saturated carbocycles. The van der Waals surface area contributed by atoms with Gasteiger partial charge in [-0.25, -0.2) is 0 Å². The van der Waals surface area contributed by atoms with Crippen molar-refractivity contribution < 1.29 is 9.52 Å². The number of aromatic nitrogens is 2. The smallest absolute Gasteiger partial charge is 0.247 e. The first-order chi connectivity index (χ1) is 8.88. The first kappa shape index (κ1) is 13.5. The molecule has 2 N–H and O–H groups in total. The summed E-state index contributed by atoms with van der Waals surface area (Å²) in [5, 5.41) is 20.8. The number of hydrogen-bond acceptors (Lipinski definition) is 5. The van der Waals surface area contributed by atoms with Gasteiger partial charge in [0.1, 0.15) is 0 Å². The Bertz CT molecular complexity index is 544. The second kappa shape index (κ2) is 5.01. The van der Waals surface area contributed by atoms with Gasteiger partial charge in [0.25, 0.3) is 0 Å². The lowest BCUT2D eigenvalue weighted by atomic mass is 10.00. The maximum absolute atomic E-state index is 9.95. The van der Waals surface area contributed by atoms with Crippen LogP contribution in [0.4, 0.5) is 5.69 Å². The van der Waals surface area contributed by atoms with Crippen molar-refractivity contribution in [1.82, 2.24) is 10.2 Å². The molecule has 1 aromatic carbocycles. The van der Waals surface area contributed by atoms with Crippen LogP contribution in [0.5, 0.6) is 0 Å². The summed E-state index contributed by atoms with van der Waals surface area (Å²) >= 11 is 0. The zero-order valence-corrected chi connectivity index (χ0v) is 11.6. The zero-order valence-electron chi connectivity index (χ0n) is 11.6. The lowest BCUT2D eigenvalue weighted by Gasteiger charge is -2.28. The molecular formula is C14H19N3O2. The number of hydrogen-bond donors (Lipinski definition) is 2. The maximum atomic E-state index is 9.95. The Morgan fingerprint density at radius 3 is 2.63 bits per heavy atom. The number of aliphatic hydroxyl groups is 1. The van der Waals surface area contributed by atoms with Crippen molar-refractivity contribution in [2.75, 3.05) is 5.32 Å². The van der Waals surface area contributed by atoms with Crippen molar-refractivity contribution >= 4 is 5.69 Å². The minimum atomic E-state index is -0.780. The summed E-state index contributed by atoms with van der Waals surface area (Å²) in [5.41, 5.74) is 2.15. The number of aryl methyl sites for hydroxylation is 1. The molecule has 19 heavy (non-hydrogen) atoms. The third-order valence-electron chi connectivity index (χ3n) is 3.27. The molecule has 1 heterocycles. The van der Waals surface area contributed by atoms with Crippen LogP contribution < -0.4 is 5.32 Å². The summed E-state index contributed by atoms with van der Waals surface area (Å²) in [6, 6.07) is 5.80. The highest BCUT2D eigenvalue weighted by Crippen LogP contribution is 2.25. The molecule has 5 nitrogen and oxygen atoms in total. The van der Waals surface area contributed by atoms with Gasteiger partial charge in [0.15, 0.2) is 0 Å². The highest BCUT2D eigenvalue weighted by molar-refractivity contribution is 5.62. The van der Waals surface area contributed by atoms with Gasteiger partial charge in [-0.2, -0.15) is 0 Å². The van der Waals surface area contributed by atoms with Gasteiger partial charge in [0.2, 0.25) is 12.3 Å². The summed E-state index contributed by atoms with van der Waals surface area (Å²) < 4.78 is 5.17. The third-order valence-corrected chi connectivity index (χ3v) is 3.27. The molecule has 2 aromatic rings. The standard InChI is InChI=1S/C14H19N3O2/c1-9-7-11(13-17-15-8-19-13)5-6-12(9)16-10(2)14(3,4)18/h5-8,10,16,18H,1-4H3. The van der Waals surface area contributed by atoms with Gasteiger partial charge in [-0.1, -0.05) is 0 Å². The van der Waals surface area contributed by atoms with E-state index < -0.39 is 5.60 Å². The summed E-state index contributed by atoms with van der Waals surface area (Å²) in [6.07, 6.45) is 1.31. The Morgan fingerprint density at radius 2 is 2.11 bits per heavy atom. The lowest BCUT2D eigenvalue weighted by Crippen LogP contribution is -2.39. The van der Waals surface area contributed by atoms with Gasteiger partial charge in [0.05, 0.1) is 11.6 Å². The molecule has 2 rings (SSSR count). The predicted octanol–water partition coefficient (Wildman–Crippen LogP) is 2.62. The summed E-state index contributed by atoms with van der Waals surface area (Å²) in [5.74, 6) is 0.505. The average molecular weight is 261 g/mol. The summed E-state index contributed by atoms with van der Waals surface area (Å²) in [7, 11) is 0. The number of benzene rings is 1. The molecule has 1 unspecified atom stereocenters. The van der Waals surface area contributed by atoms with Crippen LogP contribution in [0.2, 0.25) is 0 Å². The van der Waals surface area contributed by atoms with Crippen LogP contribution in [0.25, 0.3) is 11.5 Å². The van der Waals surface area contributed by atoms with Crippen molar-refractivity contribution in [3.8, 4) is 11.5 Å². The van der Waals surface area contributed by atoms with Crippen LogP contribution in [0, 0.1) is 6.92 Å². The lowest BCUT2D eigenvalue weighted by molar-refractivity contribution is 0.0649. The van der Waals surface area contributed by atoms with Crippen molar-refractivity contribution in [2.24, 2.45) is 0 Å². The largest absolute Gasteiger partial charge is 0.423 e. The molecule has 1 atom stereocenters. The normalized spacial score (nSPS) is 13.3. The Hall–Kier alpha value is -1.88. The second-order valence-corrected chi connectivity index (χ2v) is 5.29. The number of nitrogens with one attached hydrogen (secondary N) is 1. The van der Waals surface area contributed by atoms with E-state index in [0.29, 0.717) is 5.89 Å². The molecule has 0 aliphatic heterocycles. The molecule has 0 bridgehead atoms. The molecule has 0 amide bonds. The van der Waals surface area contributed by atoms with Gasteiger partial charge in [-0.3, -0.25) is 0 Å². The van der Waals surface area contributed by atoms with Crippen LogP contribution >= 0.6 is 0 Å². The van der Waals surface area contributed by atoms with Gasteiger partial charge >= 0.3 is 0 Å². The highest BCUT2D eigenvalue weighted by atomic mass is 16.4. The van der Waals surface area contributed by atoms with Crippen LogP contribution in [0.3, 0.4) is 0 Å². The van der Waals surface area contributed by atoms with E-state index in [0.717, 1.165) is 16.8 Å². The molecule has 0 aliphatic rings. The van der Waals surface area contributed by atoms with E-state index in [1.54, 1.807) is 13.8 Å². The first-order valence-electron chi connectivity index (χ1n) is 6.24. The molecule has 0 fully saturated rings. The molecule has 0 aliphatic carbocycles. The van der Waals surface area contributed by atoms with Crippen LogP contribution in [-0.4, -0.2) is 26.9 Å². The van der Waals surface area contributed by atoms with E-state index in [-0.39, 0.29) is 6.04 Å². The molecule has 102 valence electrons.